The SMILES string of the molecule is C1#CN(C2=Nc3ccccc3Sc3ccccc32)CCN1.Cl.Cl. The molecule has 0 spiro atoms. The summed E-state index contributed by atoms with van der Waals surface area (Å²) in [7, 11) is 0. The van der Waals surface area contributed by atoms with Crippen molar-refractivity contribution in [2.24, 2.45) is 4.99 Å². The predicted molar refractivity (Wildman–Crippen MR) is 100 cm³/mol. The van der Waals surface area contributed by atoms with Crippen molar-refractivity contribution < 1.29 is 0 Å². The molecule has 1 N–H and O–H groups in total. The zero-order valence-electron chi connectivity index (χ0n) is 12.2. The van der Waals surface area contributed by atoms with Gasteiger partial charge in [0.05, 0.1) is 12.2 Å². The summed E-state index contributed by atoms with van der Waals surface area (Å²) in [6, 6.07) is 22.7. The van der Waals surface area contributed by atoms with Crippen LogP contribution in [-0.2, 0) is 0 Å². The Balaban J connectivity index is 0.000000960. The normalized spacial score (nSPS) is 14.3. The van der Waals surface area contributed by atoms with E-state index in [0.717, 1.165) is 30.2 Å². The fraction of sp³-hybridized carbons (Fsp3) is 0.118. The molecule has 0 atom stereocenters. The molecular formula is C17H15Cl2N3S. The Kier molecular flexibility index (Phi) is 5.84. The van der Waals surface area contributed by atoms with Crippen LogP contribution < -0.4 is 5.32 Å². The van der Waals surface area contributed by atoms with Crippen molar-refractivity contribution in [3.05, 3.63) is 54.1 Å². The molecule has 6 heteroatoms. The number of hydrogen-bond donors (Lipinski definition) is 1. The van der Waals surface area contributed by atoms with E-state index in [-0.39, 0.29) is 24.8 Å². The Bertz CT molecular complexity index is 796. The van der Waals surface area contributed by atoms with E-state index >= 15 is 0 Å². The minimum atomic E-state index is 0. The monoisotopic (exact) mass is 363 g/mol. The topological polar surface area (TPSA) is 27.6 Å². The molecule has 118 valence electrons. The molecule has 0 fully saturated rings. The fourth-order valence-corrected chi connectivity index (χ4v) is 3.44. The lowest BCUT2D eigenvalue weighted by molar-refractivity contribution is 0.554. The van der Waals surface area contributed by atoms with E-state index in [1.54, 1.807) is 11.8 Å². The quantitative estimate of drug-likeness (QED) is 0.719. The Morgan fingerprint density at radius 2 is 1.74 bits per heavy atom. The second kappa shape index (κ2) is 7.65. The van der Waals surface area contributed by atoms with E-state index in [0.29, 0.717) is 0 Å². The first-order valence-electron chi connectivity index (χ1n) is 6.88. The largest absolute Gasteiger partial charge is 0.343 e. The van der Waals surface area contributed by atoms with Gasteiger partial charge in [-0.3, -0.25) is 4.90 Å². The van der Waals surface area contributed by atoms with Crippen molar-refractivity contribution in [1.82, 2.24) is 10.2 Å². The van der Waals surface area contributed by atoms with Gasteiger partial charge in [-0.1, -0.05) is 42.1 Å². The van der Waals surface area contributed by atoms with Crippen LogP contribution in [-0.4, -0.2) is 23.8 Å². The van der Waals surface area contributed by atoms with E-state index < -0.39 is 0 Å². The third-order valence-corrected chi connectivity index (χ3v) is 4.58. The predicted octanol–water partition coefficient (Wildman–Crippen LogP) is 3.90. The van der Waals surface area contributed by atoms with Gasteiger partial charge in [0.1, 0.15) is 5.84 Å². The van der Waals surface area contributed by atoms with Crippen LogP contribution in [0.4, 0.5) is 5.69 Å². The van der Waals surface area contributed by atoms with Crippen molar-refractivity contribution in [1.29, 1.82) is 0 Å². The number of halogens is 2. The van der Waals surface area contributed by atoms with Crippen LogP contribution in [0.2, 0.25) is 0 Å². The maximum absolute atomic E-state index is 4.90. The number of hydrogen-bond acceptors (Lipinski definition) is 4. The zero-order valence-corrected chi connectivity index (χ0v) is 14.6. The highest BCUT2D eigenvalue weighted by Crippen LogP contribution is 2.40. The third kappa shape index (κ3) is 3.42. The van der Waals surface area contributed by atoms with Crippen LogP contribution in [0, 0.1) is 12.1 Å². The minimum Gasteiger partial charge on any atom is -0.343 e. The number of nitrogens with one attached hydrogen (secondary N) is 1. The molecule has 23 heavy (non-hydrogen) atoms. The number of benzene rings is 2. The average Bonchev–Trinajstić information content (AvgIpc) is 2.72. The van der Waals surface area contributed by atoms with Gasteiger partial charge in [-0.05, 0) is 18.2 Å². The van der Waals surface area contributed by atoms with Crippen molar-refractivity contribution >= 4 is 48.1 Å². The molecular weight excluding hydrogens is 349 g/mol. The summed E-state index contributed by atoms with van der Waals surface area (Å²) in [6.07, 6.45) is 0. The Labute approximate surface area is 152 Å². The first kappa shape index (κ1) is 17.6. The van der Waals surface area contributed by atoms with Crippen molar-refractivity contribution in [2.75, 3.05) is 13.1 Å². The van der Waals surface area contributed by atoms with Crippen LogP contribution in [0.3, 0.4) is 0 Å². The number of aliphatic imine (C=N–C) groups is 1. The first-order chi connectivity index (χ1) is 10.4. The number of fused-ring (bicyclic) bond motifs is 2. The maximum Gasteiger partial charge on any atom is 0.149 e. The summed E-state index contributed by atoms with van der Waals surface area (Å²) in [6.45, 7) is 1.69. The van der Waals surface area contributed by atoms with E-state index in [2.05, 4.69) is 59.9 Å². The number of nitrogens with zero attached hydrogens (tertiary/aromatic N) is 2. The van der Waals surface area contributed by atoms with Gasteiger partial charge in [-0.25, -0.2) is 4.99 Å². The lowest BCUT2D eigenvalue weighted by Gasteiger charge is -2.22. The summed E-state index contributed by atoms with van der Waals surface area (Å²) >= 11 is 1.77. The molecule has 2 aliphatic heterocycles. The van der Waals surface area contributed by atoms with Gasteiger partial charge in [0.25, 0.3) is 0 Å². The van der Waals surface area contributed by atoms with E-state index in [1.807, 2.05) is 11.0 Å². The van der Waals surface area contributed by atoms with Crippen LogP contribution >= 0.6 is 36.6 Å². The lowest BCUT2D eigenvalue weighted by atomic mass is 10.2. The molecule has 0 aromatic heterocycles. The third-order valence-electron chi connectivity index (χ3n) is 3.43. The number of para-hydroxylation sites is 1. The van der Waals surface area contributed by atoms with Crippen LogP contribution in [0.1, 0.15) is 5.56 Å². The van der Waals surface area contributed by atoms with Gasteiger partial charge >= 0.3 is 0 Å². The van der Waals surface area contributed by atoms with Gasteiger partial charge in [0.15, 0.2) is 0 Å². The first-order valence-corrected chi connectivity index (χ1v) is 7.69. The van der Waals surface area contributed by atoms with E-state index in [1.165, 1.54) is 9.79 Å². The molecule has 0 saturated heterocycles. The van der Waals surface area contributed by atoms with Crippen LogP contribution in [0.15, 0.2) is 63.3 Å². The molecule has 2 aromatic rings. The molecule has 0 radical (unpaired) electrons. The zero-order chi connectivity index (χ0) is 14.1. The summed E-state index contributed by atoms with van der Waals surface area (Å²) in [5.41, 5.74) is 2.16. The molecule has 0 aliphatic carbocycles. The Morgan fingerprint density at radius 1 is 1.00 bits per heavy atom. The fourth-order valence-electron chi connectivity index (χ4n) is 2.43. The second-order valence-corrected chi connectivity index (χ2v) is 5.90. The average molecular weight is 364 g/mol. The Hall–Kier alpha value is -1.80. The van der Waals surface area contributed by atoms with E-state index in [4.69, 9.17) is 4.99 Å². The van der Waals surface area contributed by atoms with Gasteiger partial charge in [0, 0.05) is 34.0 Å². The summed E-state index contributed by atoms with van der Waals surface area (Å²) < 4.78 is 0. The summed E-state index contributed by atoms with van der Waals surface area (Å²) in [5, 5.41) is 3.05. The molecule has 0 unspecified atom stereocenters. The highest BCUT2D eigenvalue weighted by molar-refractivity contribution is 7.99. The van der Waals surface area contributed by atoms with Crippen molar-refractivity contribution in [2.45, 2.75) is 9.79 Å². The lowest BCUT2D eigenvalue weighted by Crippen LogP contribution is -2.36. The summed E-state index contributed by atoms with van der Waals surface area (Å²) in [4.78, 5) is 9.34. The van der Waals surface area contributed by atoms with E-state index in [9.17, 15) is 0 Å². The second-order valence-electron chi connectivity index (χ2n) is 4.82. The highest BCUT2D eigenvalue weighted by Gasteiger charge is 2.21. The molecule has 2 aliphatic rings. The molecule has 3 nitrogen and oxygen atoms in total. The van der Waals surface area contributed by atoms with Gasteiger partial charge in [-0.15, -0.1) is 24.8 Å². The molecule has 0 amide bonds. The summed E-state index contributed by atoms with van der Waals surface area (Å²) in [5.74, 6) is 0.942. The van der Waals surface area contributed by atoms with Gasteiger partial charge in [-0.2, -0.15) is 0 Å². The van der Waals surface area contributed by atoms with Crippen molar-refractivity contribution in [3.8, 4) is 12.1 Å². The minimum absolute atomic E-state index is 0. The smallest absolute Gasteiger partial charge is 0.149 e. The number of amidine groups is 1. The molecule has 4 rings (SSSR count). The number of rotatable bonds is 0. The van der Waals surface area contributed by atoms with Gasteiger partial charge in [0.2, 0.25) is 0 Å². The van der Waals surface area contributed by atoms with Crippen LogP contribution in [0.5, 0.6) is 0 Å². The maximum atomic E-state index is 4.90. The molecule has 0 saturated carbocycles. The molecule has 2 aromatic carbocycles. The standard InChI is InChI=1S/C17H13N3S.2ClH/c1-3-7-15-13(5-1)17(20-11-9-18-10-12-20)19-14-6-2-4-8-16(14)21-15;;/h1-8,18H,9,11H2;2*1H. The molecule has 2 heterocycles. The Morgan fingerprint density at radius 3 is 2.52 bits per heavy atom. The van der Waals surface area contributed by atoms with Gasteiger partial charge < -0.3 is 5.32 Å². The van der Waals surface area contributed by atoms with Crippen molar-refractivity contribution in [3.63, 3.8) is 0 Å². The highest BCUT2D eigenvalue weighted by atomic mass is 35.5. The van der Waals surface area contributed by atoms with Crippen LogP contribution in [0.25, 0.3) is 0 Å². The molecule has 0 bridgehead atoms.